The van der Waals surface area contributed by atoms with Crippen molar-refractivity contribution in [3.05, 3.63) is 29.8 Å². The van der Waals surface area contributed by atoms with Crippen molar-refractivity contribution in [1.82, 2.24) is 15.4 Å². The average Bonchev–Trinajstić information content (AvgIpc) is 3.13. The van der Waals surface area contributed by atoms with E-state index in [9.17, 15) is 22.8 Å². The van der Waals surface area contributed by atoms with Crippen LogP contribution in [0.15, 0.2) is 29.2 Å². The van der Waals surface area contributed by atoms with E-state index in [2.05, 4.69) is 15.4 Å². The zero-order chi connectivity index (χ0) is 21.6. The van der Waals surface area contributed by atoms with Gasteiger partial charge in [0.15, 0.2) is 6.10 Å². The Kier molecular flexibility index (Phi) is 7.74. The lowest BCUT2D eigenvalue weighted by molar-refractivity contribution is -0.127. The summed E-state index contributed by atoms with van der Waals surface area (Å²) in [5.74, 6) is -1.63. The van der Waals surface area contributed by atoms with Gasteiger partial charge in [-0.05, 0) is 51.8 Å². The molecule has 9 nitrogen and oxygen atoms in total. The second kappa shape index (κ2) is 9.84. The Bertz CT molecular complexity index is 862. The Morgan fingerprint density at radius 1 is 1.10 bits per heavy atom. The molecule has 3 N–H and O–H groups in total. The van der Waals surface area contributed by atoms with E-state index in [0.717, 1.165) is 25.7 Å². The maximum Gasteiger partial charge on any atom is 0.338 e. The van der Waals surface area contributed by atoms with E-state index < -0.39 is 34.0 Å². The summed E-state index contributed by atoms with van der Waals surface area (Å²) in [6.07, 6.45) is 2.59. The van der Waals surface area contributed by atoms with Crippen LogP contribution in [0.4, 0.5) is 4.79 Å². The maximum absolute atomic E-state index is 12.3. The lowest BCUT2D eigenvalue weighted by Gasteiger charge is -2.16. The average molecular weight is 426 g/mol. The molecule has 160 valence electrons. The van der Waals surface area contributed by atoms with Crippen molar-refractivity contribution < 1.29 is 27.5 Å². The van der Waals surface area contributed by atoms with Gasteiger partial charge >= 0.3 is 12.0 Å². The van der Waals surface area contributed by atoms with Crippen molar-refractivity contribution in [3.8, 4) is 0 Å². The Hall–Kier alpha value is -2.46. The standard InChI is InChI=1S/C19H27N3O6S/c1-12(2)22-29(26,27)16-10-6-7-14(11-16)18(24)28-13(3)17(23)21-19(25)20-15-8-4-5-9-15/h6-7,10-13,15,22H,4-5,8-9H2,1-3H3,(H2,20,21,23,25)/t13-/m1/s1. The van der Waals surface area contributed by atoms with E-state index in [1.807, 2.05) is 0 Å². The quantitative estimate of drug-likeness (QED) is 0.570. The highest BCUT2D eigenvalue weighted by Crippen LogP contribution is 2.17. The van der Waals surface area contributed by atoms with Crippen molar-refractivity contribution in [2.75, 3.05) is 0 Å². The van der Waals surface area contributed by atoms with Crippen molar-refractivity contribution in [2.45, 2.75) is 69.5 Å². The maximum atomic E-state index is 12.3. The van der Waals surface area contributed by atoms with Crippen LogP contribution < -0.4 is 15.4 Å². The van der Waals surface area contributed by atoms with Crippen LogP contribution in [0.3, 0.4) is 0 Å². The third kappa shape index (κ3) is 6.82. The van der Waals surface area contributed by atoms with E-state index in [-0.39, 0.29) is 22.5 Å². The summed E-state index contributed by atoms with van der Waals surface area (Å²) in [4.78, 5) is 36.2. The molecule has 1 aliphatic rings. The minimum absolute atomic E-state index is 0.0216. The van der Waals surface area contributed by atoms with E-state index in [1.54, 1.807) is 13.8 Å². The normalized spacial score (nSPS) is 15.7. The molecule has 10 heteroatoms. The van der Waals surface area contributed by atoms with Crippen molar-refractivity contribution in [1.29, 1.82) is 0 Å². The van der Waals surface area contributed by atoms with E-state index in [4.69, 9.17) is 4.74 Å². The number of ether oxygens (including phenoxy) is 1. The van der Waals surface area contributed by atoms with Gasteiger partial charge < -0.3 is 10.1 Å². The molecule has 0 radical (unpaired) electrons. The predicted molar refractivity (Wildman–Crippen MR) is 106 cm³/mol. The fourth-order valence-corrected chi connectivity index (χ4v) is 4.25. The minimum atomic E-state index is -3.78. The van der Waals surface area contributed by atoms with Crippen molar-refractivity contribution in [3.63, 3.8) is 0 Å². The summed E-state index contributed by atoms with van der Waals surface area (Å²) >= 11 is 0. The Labute approximate surface area is 170 Å². The van der Waals surface area contributed by atoms with Gasteiger partial charge in [0.1, 0.15) is 0 Å². The summed E-state index contributed by atoms with van der Waals surface area (Å²) < 4.78 is 32.0. The zero-order valence-corrected chi connectivity index (χ0v) is 17.5. The lowest BCUT2D eigenvalue weighted by Crippen LogP contribution is -2.47. The summed E-state index contributed by atoms with van der Waals surface area (Å²) in [5, 5.41) is 4.85. The van der Waals surface area contributed by atoms with Gasteiger partial charge in [-0.1, -0.05) is 18.9 Å². The number of amides is 3. The molecule has 1 aromatic carbocycles. The second-order valence-corrected chi connectivity index (χ2v) is 9.01. The number of carbonyl (C=O) groups is 3. The summed E-state index contributed by atoms with van der Waals surface area (Å²) in [7, 11) is -3.78. The van der Waals surface area contributed by atoms with Crippen molar-refractivity contribution in [2.24, 2.45) is 0 Å². The molecule has 0 saturated heterocycles. The molecule has 1 aliphatic carbocycles. The summed E-state index contributed by atoms with van der Waals surface area (Å²) in [5.41, 5.74) is -0.0216. The van der Waals surface area contributed by atoms with Crippen LogP contribution in [0.25, 0.3) is 0 Å². The zero-order valence-electron chi connectivity index (χ0n) is 16.7. The largest absolute Gasteiger partial charge is 0.449 e. The predicted octanol–water partition coefficient (Wildman–Crippen LogP) is 1.69. The minimum Gasteiger partial charge on any atom is -0.449 e. The van der Waals surface area contributed by atoms with E-state index in [0.29, 0.717) is 0 Å². The van der Waals surface area contributed by atoms with Crippen LogP contribution in [-0.2, 0) is 19.6 Å². The smallest absolute Gasteiger partial charge is 0.338 e. The monoisotopic (exact) mass is 425 g/mol. The van der Waals surface area contributed by atoms with E-state index in [1.165, 1.54) is 31.2 Å². The highest BCUT2D eigenvalue weighted by Gasteiger charge is 2.24. The molecule has 1 fully saturated rings. The first kappa shape index (κ1) is 22.8. The van der Waals surface area contributed by atoms with Gasteiger partial charge in [0.25, 0.3) is 5.91 Å². The molecular formula is C19H27N3O6S. The fourth-order valence-electron chi connectivity index (χ4n) is 2.96. The van der Waals surface area contributed by atoms with Crippen molar-refractivity contribution >= 4 is 27.9 Å². The van der Waals surface area contributed by atoms with Crippen LogP contribution in [0, 0.1) is 0 Å². The first-order valence-electron chi connectivity index (χ1n) is 9.53. The number of hydrogen-bond donors (Lipinski definition) is 3. The number of rotatable bonds is 7. The highest BCUT2D eigenvalue weighted by molar-refractivity contribution is 7.89. The molecule has 1 atom stereocenters. The molecular weight excluding hydrogens is 398 g/mol. The van der Waals surface area contributed by atoms with Gasteiger partial charge in [-0.25, -0.2) is 22.7 Å². The molecule has 1 saturated carbocycles. The first-order valence-corrected chi connectivity index (χ1v) is 11.0. The number of nitrogens with one attached hydrogen (secondary N) is 3. The third-order valence-electron chi connectivity index (χ3n) is 4.35. The van der Waals surface area contributed by atoms with Gasteiger partial charge in [0, 0.05) is 12.1 Å². The van der Waals surface area contributed by atoms with Crippen LogP contribution in [-0.4, -0.2) is 44.5 Å². The molecule has 0 unspecified atom stereocenters. The van der Waals surface area contributed by atoms with Gasteiger partial charge in [0.05, 0.1) is 10.5 Å². The van der Waals surface area contributed by atoms with Gasteiger partial charge in [0.2, 0.25) is 10.0 Å². The number of urea groups is 1. The van der Waals surface area contributed by atoms with Crippen LogP contribution in [0.2, 0.25) is 0 Å². The van der Waals surface area contributed by atoms with Gasteiger partial charge in [-0.15, -0.1) is 0 Å². The van der Waals surface area contributed by atoms with Gasteiger partial charge in [-0.3, -0.25) is 10.1 Å². The first-order chi connectivity index (χ1) is 13.6. The van der Waals surface area contributed by atoms with Crippen LogP contribution in [0.1, 0.15) is 56.8 Å². The molecule has 1 aromatic rings. The molecule has 29 heavy (non-hydrogen) atoms. The topological polar surface area (TPSA) is 131 Å². The number of benzene rings is 1. The fraction of sp³-hybridized carbons (Fsp3) is 0.526. The molecule has 0 spiro atoms. The molecule has 0 aromatic heterocycles. The summed E-state index contributed by atoms with van der Waals surface area (Å²) in [6.45, 7) is 4.69. The molecule has 0 aliphatic heterocycles. The highest BCUT2D eigenvalue weighted by atomic mass is 32.2. The lowest BCUT2D eigenvalue weighted by atomic mass is 10.2. The number of sulfonamides is 1. The molecule has 2 rings (SSSR count). The molecule has 0 bridgehead atoms. The Morgan fingerprint density at radius 3 is 2.38 bits per heavy atom. The third-order valence-corrected chi connectivity index (χ3v) is 6.01. The summed E-state index contributed by atoms with van der Waals surface area (Å²) in [6, 6.07) is 4.42. The van der Waals surface area contributed by atoms with Gasteiger partial charge in [-0.2, -0.15) is 0 Å². The van der Waals surface area contributed by atoms with E-state index >= 15 is 0 Å². The Morgan fingerprint density at radius 2 is 1.76 bits per heavy atom. The molecule has 0 heterocycles. The SMILES string of the molecule is CC(C)NS(=O)(=O)c1cccc(C(=O)O[C@H](C)C(=O)NC(=O)NC2CCCC2)c1. The Balaban J connectivity index is 1.95. The number of carbonyl (C=O) groups excluding carboxylic acids is 3. The number of imide groups is 1. The number of hydrogen-bond acceptors (Lipinski definition) is 6. The van der Waals surface area contributed by atoms with Crippen LogP contribution >= 0.6 is 0 Å². The molecule has 3 amide bonds. The second-order valence-electron chi connectivity index (χ2n) is 7.30. The number of esters is 1. The van der Waals surface area contributed by atoms with Crippen LogP contribution in [0.5, 0.6) is 0 Å².